The van der Waals surface area contributed by atoms with E-state index >= 15 is 0 Å². The molecule has 2 heterocycles. The number of hydrogen-bond acceptors (Lipinski definition) is 4. The van der Waals surface area contributed by atoms with Crippen molar-refractivity contribution < 1.29 is 14.6 Å². The van der Waals surface area contributed by atoms with Crippen LogP contribution in [0, 0.1) is 5.92 Å². The third-order valence-corrected chi connectivity index (χ3v) is 4.97. The summed E-state index contributed by atoms with van der Waals surface area (Å²) in [4.78, 5) is 14.5. The van der Waals surface area contributed by atoms with Gasteiger partial charge in [-0.3, -0.25) is 4.90 Å². The van der Waals surface area contributed by atoms with Crippen molar-refractivity contribution in [2.45, 2.75) is 38.1 Å². The fraction of sp³-hybridized carbons (Fsp3) is 0.526. The van der Waals surface area contributed by atoms with E-state index in [-0.39, 0.29) is 11.7 Å². The number of hydrogen-bond donors (Lipinski definition) is 1. The lowest BCUT2D eigenvalue weighted by Crippen LogP contribution is -2.49. The molecular weight excluding hydrogens is 290 g/mol. The summed E-state index contributed by atoms with van der Waals surface area (Å²) >= 11 is 0. The quantitative estimate of drug-likeness (QED) is 0.685. The highest BCUT2D eigenvalue weighted by Crippen LogP contribution is 2.31. The molecule has 0 aromatic heterocycles. The topological polar surface area (TPSA) is 49.8 Å². The van der Waals surface area contributed by atoms with E-state index in [0.29, 0.717) is 18.6 Å². The average Bonchev–Trinajstić information content (AvgIpc) is 2.59. The van der Waals surface area contributed by atoms with Gasteiger partial charge in [0.05, 0.1) is 6.61 Å². The highest BCUT2D eigenvalue weighted by Gasteiger charge is 2.33. The number of rotatable bonds is 4. The van der Waals surface area contributed by atoms with E-state index in [2.05, 4.69) is 4.90 Å². The van der Waals surface area contributed by atoms with Crippen LogP contribution < -0.4 is 0 Å². The number of esters is 1. The van der Waals surface area contributed by atoms with Crippen molar-refractivity contribution in [2.24, 2.45) is 5.92 Å². The molecule has 2 fully saturated rings. The summed E-state index contributed by atoms with van der Waals surface area (Å²) in [5.74, 6) is 0.417. The van der Waals surface area contributed by atoms with Crippen LogP contribution in [-0.4, -0.2) is 41.7 Å². The maximum Gasteiger partial charge on any atom is 0.330 e. The Kier molecular flexibility index (Phi) is 5.34. The molecule has 4 nitrogen and oxygen atoms in total. The number of ether oxygens (including phenoxy) is 1. The highest BCUT2D eigenvalue weighted by molar-refractivity contribution is 5.87. The molecule has 2 aliphatic heterocycles. The minimum atomic E-state index is -0.286. The van der Waals surface area contributed by atoms with Gasteiger partial charge in [0.2, 0.25) is 0 Å². The molecule has 0 saturated carbocycles. The van der Waals surface area contributed by atoms with Gasteiger partial charge in [0.15, 0.2) is 0 Å². The van der Waals surface area contributed by atoms with E-state index in [9.17, 15) is 9.90 Å². The molecule has 1 aromatic rings. The maximum atomic E-state index is 11.9. The van der Waals surface area contributed by atoms with Gasteiger partial charge >= 0.3 is 5.97 Å². The molecule has 2 saturated heterocycles. The van der Waals surface area contributed by atoms with Crippen molar-refractivity contribution in [2.75, 3.05) is 19.7 Å². The first kappa shape index (κ1) is 16.1. The Balaban J connectivity index is 1.49. The first-order valence-corrected chi connectivity index (χ1v) is 8.60. The first-order chi connectivity index (χ1) is 11.2. The van der Waals surface area contributed by atoms with Gasteiger partial charge in [0.1, 0.15) is 5.75 Å². The van der Waals surface area contributed by atoms with Crippen molar-refractivity contribution in [1.29, 1.82) is 0 Å². The van der Waals surface area contributed by atoms with Crippen molar-refractivity contribution >= 4 is 12.0 Å². The lowest BCUT2D eigenvalue weighted by molar-refractivity contribution is -0.140. The molecular formula is C19H25NO3. The lowest BCUT2D eigenvalue weighted by atomic mass is 9.84. The Morgan fingerprint density at radius 1 is 1.17 bits per heavy atom. The predicted octanol–water partition coefficient (Wildman–Crippen LogP) is 3.21. The number of phenolic OH excluding ortho intramolecular Hbond substituents is 1. The van der Waals surface area contributed by atoms with Crippen molar-refractivity contribution in [3.05, 3.63) is 35.9 Å². The van der Waals surface area contributed by atoms with Crippen LogP contribution in [0.25, 0.3) is 6.08 Å². The van der Waals surface area contributed by atoms with E-state index in [1.807, 2.05) is 0 Å². The summed E-state index contributed by atoms with van der Waals surface area (Å²) < 4.78 is 5.47. The van der Waals surface area contributed by atoms with Gasteiger partial charge in [-0.15, -0.1) is 0 Å². The van der Waals surface area contributed by atoms with Gasteiger partial charge in [-0.2, -0.15) is 0 Å². The number of fused-ring (bicyclic) bond motifs is 1. The molecule has 0 amide bonds. The SMILES string of the molecule is O=C(C=Cc1ccc(O)cc1)OC[C@H]1CCCN2CCCC[C@H]12. The normalized spacial score (nSPS) is 25.2. The number of benzene rings is 1. The van der Waals surface area contributed by atoms with Crippen molar-refractivity contribution in [3.8, 4) is 5.75 Å². The lowest BCUT2D eigenvalue weighted by Gasteiger charge is -2.44. The molecule has 0 radical (unpaired) electrons. The molecule has 1 N–H and O–H groups in total. The minimum absolute atomic E-state index is 0.221. The number of aromatic hydroxyl groups is 1. The van der Waals surface area contributed by atoms with Crippen molar-refractivity contribution in [1.82, 2.24) is 4.90 Å². The van der Waals surface area contributed by atoms with Crippen LogP contribution >= 0.6 is 0 Å². The number of carbonyl (C=O) groups excluding carboxylic acids is 1. The number of phenols is 1. The highest BCUT2D eigenvalue weighted by atomic mass is 16.5. The van der Waals surface area contributed by atoms with Gasteiger partial charge in [0.25, 0.3) is 0 Å². The fourth-order valence-corrected chi connectivity index (χ4v) is 3.76. The molecule has 0 aliphatic carbocycles. The van der Waals surface area contributed by atoms with Crippen molar-refractivity contribution in [3.63, 3.8) is 0 Å². The molecule has 0 bridgehead atoms. The van der Waals surface area contributed by atoms with E-state index in [1.165, 1.54) is 44.8 Å². The van der Waals surface area contributed by atoms with E-state index in [1.54, 1.807) is 30.3 Å². The summed E-state index contributed by atoms with van der Waals surface area (Å²) in [6.07, 6.45) is 9.40. The molecule has 23 heavy (non-hydrogen) atoms. The van der Waals surface area contributed by atoms with Crippen LogP contribution in [0.3, 0.4) is 0 Å². The number of piperidine rings is 2. The monoisotopic (exact) mass is 315 g/mol. The Bertz CT molecular complexity index is 550. The van der Waals surface area contributed by atoms with Gasteiger partial charge in [-0.05, 0) is 62.5 Å². The van der Waals surface area contributed by atoms with Gasteiger partial charge in [-0.1, -0.05) is 18.6 Å². The number of nitrogens with zero attached hydrogens (tertiary/aromatic N) is 1. The van der Waals surface area contributed by atoms with E-state index in [4.69, 9.17) is 4.74 Å². The fourth-order valence-electron chi connectivity index (χ4n) is 3.76. The Hall–Kier alpha value is -1.81. The largest absolute Gasteiger partial charge is 0.508 e. The summed E-state index contributed by atoms with van der Waals surface area (Å²) in [5.41, 5.74) is 0.871. The Morgan fingerprint density at radius 3 is 2.78 bits per heavy atom. The molecule has 2 atom stereocenters. The third kappa shape index (κ3) is 4.35. The van der Waals surface area contributed by atoms with Crippen LogP contribution in [0.4, 0.5) is 0 Å². The van der Waals surface area contributed by atoms with Crippen LogP contribution in [0.15, 0.2) is 30.3 Å². The first-order valence-electron chi connectivity index (χ1n) is 8.60. The van der Waals surface area contributed by atoms with Gasteiger partial charge in [0, 0.05) is 18.0 Å². The van der Waals surface area contributed by atoms with Gasteiger partial charge < -0.3 is 9.84 Å². The van der Waals surface area contributed by atoms with Crippen LogP contribution in [-0.2, 0) is 9.53 Å². The zero-order valence-electron chi connectivity index (χ0n) is 13.5. The van der Waals surface area contributed by atoms with Crippen LogP contribution in [0.2, 0.25) is 0 Å². The van der Waals surface area contributed by atoms with E-state index in [0.717, 1.165) is 12.0 Å². The zero-order valence-corrected chi connectivity index (χ0v) is 13.5. The van der Waals surface area contributed by atoms with Crippen LogP contribution in [0.5, 0.6) is 5.75 Å². The maximum absolute atomic E-state index is 11.9. The second kappa shape index (κ2) is 7.64. The van der Waals surface area contributed by atoms with Crippen LogP contribution in [0.1, 0.15) is 37.7 Å². The summed E-state index contributed by atoms with van der Waals surface area (Å²) in [6, 6.07) is 7.33. The Morgan fingerprint density at radius 2 is 1.96 bits per heavy atom. The predicted molar refractivity (Wildman–Crippen MR) is 90.0 cm³/mol. The third-order valence-electron chi connectivity index (χ3n) is 4.97. The minimum Gasteiger partial charge on any atom is -0.508 e. The van der Waals surface area contributed by atoms with Gasteiger partial charge in [-0.25, -0.2) is 4.79 Å². The molecule has 2 aliphatic rings. The molecule has 1 aromatic carbocycles. The second-order valence-corrected chi connectivity index (χ2v) is 6.56. The molecule has 0 unspecified atom stereocenters. The molecule has 4 heteroatoms. The smallest absolute Gasteiger partial charge is 0.330 e. The average molecular weight is 315 g/mol. The zero-order chi connectivity index (χ0) is 16.1. The summed E-state index contributed by atoms with van der Waals surface area (Å²) in [5, 5.41) is 9.24. The van der Waals surface area contributed by atoms with E-state index < -0.39 is 0 Å². The molecule has 124 valence electrons. The second-order valence-electron chi connectivity index (χ2n) is 6.56. The molecule has 3 rings (SSSR count). The standard InChI is InChI=1S/C19H25NO3/c21-17-9-6-15(7-10-17)8-11-19(22)23-14-16-4-3-13-20-12-2-1-5-18(16)20/h6-11,16,18,21H,1-5,12-14H2/t16-,18-/m1/s1. The number of carbonyl (C=O) groups is 1. The summed E-state index contributed by atoms with van der Waals surface area (Å²) in [6.45, 7) is 2.94. The summed E-state index contributed by atoms with van der Waals surface area (Å²) in [7, 11) is 0. The Labute approximate surface area is 137 Å². The molecule has 0 spiro atoms.